The third-order valence-corrected chi connectivity index (χ3v) is 25.3. The summed E-state index contributed by atoms with van der Waals surface area (Å²) in [6, 6.07) is 166. The Morgan fingerprint density at radius 3 is 0.810 bits per heavy atom. The number of rotatable bonds is 12. The van der Waals surface area contributed by atoms with Crippen LogP contribution < -0.4 is 0 Å². The average molecular weight is 1600 g/mol. The number of para-hydroxylation sites is 2. The Hall–Kier alpha value is -16.8. The summed E-state index contributed by atoms with van der Waals surface area (Å²) in [5, 5.41) is 19.4. The molecule has 0 saturated heterocycles. The highest BCUT2D eigenvalue weighted by Crippen LogP contribution is 2.47. The number of hydrogen-bond acceptors (Lipinski definition) is 4. The molecule has 0 fully saturated rings. The van der Waals surface area contributed by atoms with E-state index in [1.54, 1.807) is 0 Å². The summed E-state index contributed by atoms with van der Waals surface area (Å²) in [5.41, 5.74) is 28.9. The van der Waals surface area contributed by atoms with Gasteiger partial charge in [-0.2, -0.15) is 0 Å². The first-order valence-corrected chi connectivity index (χ1v) is 43.0. The van der Waals surface area contributed by atoms with Crippen LogP contribution in [-0.4, -0.2) is 29.1 Å². The number of fused-ring (bicyclic) bond motifs is 17. The van der Waals surface area contributed by atoms with Crippen molar-refractivity contribution in [1.29, 1.82) is 0 Å². The van der Waals surface area contributed by atoms with Crippen LogP contribution in [0.1, 0.15) is 0 Å². The van der Waals surface area contributed by atoms with E-state index in [4.69, 9.17) is 19.9 Å². The van der Waals surface area contributed by atoms with Crippen LogP contribution in [0.2, 0.25) is 0 Å². The summed E-state index contributed by atoms with van der Waals surface area (Å²) >= 11 is 0. The lowest BCUT2D eigenvalue weighted by Crippen LogP contribution is -1.99. The van der Waals surface area contributed by atoms with Gasteiger partial charge in [0.15, 0.2) is 11.6 Å². The summed E-state index contributed by atoms with van der Waals surface area (Å²) in [4.78, 5) is 21.1. The van der Waals surface area contributed by atoms with E-state index in [0.717, 1.165) is 88.7 Å². The SMILES string of the molecule is c1ccc(-c2cc(-c3ccccc3)cc(-c3ccc(-c4nc(-c5ccc(-n6c7ccc8ccccc8c7c7c8ccccc8ccc76)c6ccccc56)nc5ccccc45)cc3)c2)cc1.c1ccc(-c2cc(-c3ccccc3)cc(-c3ccc(-c4nc(-c5ccc(-n6c7ccc8ccccc8c7c7c8ccccc8ccc76)cc5)nc5ccccc45)cc3)c2)cc1. The van der Waals surface area contributed by atoms with E-state index in [2.05, 4.69) is 470 Å². The molecule has 0 bridgehead atoms. The highest BCUT2D eigenvalue weighted by molar-refractivity contribution is 6.30. The number of nitrogens with zero attached hydrogens (tertiary/aromatic N) is 6. The standard InChI is InChI=1S/C62H39N3.C58H37N3/c1-3-15-40(16-4-1)46-37-47(41-17-5-2-6-18-41)39-48(38-46)42-27-29-45(30-28-42)61-54-25-13-14-26-55(54)63-62(64-61)53-33-36-56(52-24-12-11-23-51(52)53)65-57-34-31-43-19-7-9-21-49(43)59(57)60-50-22-10-8-20-44(50)32-35-58(60)65;1-3-13-38(14-4-1)45-35-46(39-15-5-2-6-16-39)37-47(36-45)40-23-25-43(26-24-40)57-51-21-11-12-22-52(51)59-58(60-57)44-27-31-48(32-28-44)61-53-33-29-41-17-7-9-19-49(41)55(53)56-50-20-10-8-18-42(50)30-34-54(56)61/h1-39H;1-37H. The molecule has 25 rings (SSSR count). The first-order valence-electron chi connectivity index (χ1n) is 43.0. The molecule has 0 spiro atoms. The molecule has 21 aromatic carbocycles. The van der Waals surface area contributed by atoms with Crippen molar-refractivity contribution in [3.05, 3.63) is 461 Å². The fourth-order valence-electron chi connectivity index (χ4n) is 19.3. The van der Waals surface area contributed by atoms with Crippen molar-refractivity contribution in [3.63, 3.8) is 0 Å². The van der Waals surface area contributed by atoms with E-state index in [1.165, 1.54) is 142 Å². The molecule has 0 aliphatic rings. The molecular formula is C120H76N6. The Kier molecular flexibility index (Phi) is 17.8. The molecule has 0 saturated carbocycles. The van der Waals surface area contributed by atoms with Crippen LogP contribution in [0.25, 0.3) is 243 Å². The zero-order valence-corrected chi connectivity index (χ0v) is 68.6. The molecule has 0 radical (unpaired) electrons. The molecule has 6 heteroatoms. The fourth-order valence-corrected chi connectivity index (χ4v) is 19.3. The minimum atomic E-state index is 0.701. The lowest BCUT2D eigenvalue weighted by molar-refractivity contribution is 1.17. The van der Waals surface area contributed by atoms with Crippen LogP contribution in [0.3, 0.4) is 0 Å². The predicted molar refractivity (Wildman–Crippen MR) is 530 cm³/mol. The van der Waals surface area contributed by atoms with Gasteiger partial charge in [-0.1, -0.05) is 352 Å². The molecule has 0 aliphatic carbocycles. The second-order valence-electron chi connectivity index (χ2n) is 32.7. The van der Waals surface area contributed by atoms with Crippen LogP contribution >= 0.6 is 0 Å². The van der Waals surface area contributed by atoms with Crippen LogP contribution in [0, 0.1) is 0 Å². The van der Waals surface area contributed by atoms with E-state index < -0.39 is 0 Å². The highest BCUT2D eigenvalue weighted by atomic mass is 15.0. The first-order chi connectivity index (χ1) is 62.5. The molecule has 0 amide bonds. The molecule has 586 valence electrons. The second-order valence-corrected chi connectivity index (χ2v) is 32.7. The van der Waals surface area contributed by atoms with Crippen LogP contribution in [0.4, 0.5) is 0 Å². The zero-order chi connectivity index (χ0) is 83.1. The Morgan fingerprint density at radius 1 is 0.159 bits per heavy atom. The van der Waals surface area contributed by atoms with Crippen LogP contribution in [-0.2, 0) is 0 Å². The normalized spacial score (nSPS) is 11.7. The maximum atomic E-state index is 5.44. The van der Waals surface area contributed by atoms with Gasteiger partial charge in [-0.3, -0.25) is 0 Å². The van der Waals surface area contributed by atoms with Crippen molar-refractivity contribution in [2.45, 2.75) is 0 Å². The topological polar surface area (TPSA) is 61.4 Å². The minimum absolute atomic E-state index is 0.701. The van der Waals surface area contributed by atoms with Gasteiger partial charge < -0.3 is 9.13 Å². The molecule has 0 aliphatic heterocycles. The highest BCUT2D eigenvalue weighted by Gasteiger charge is 2.24. The van der Waals surface area contributed by atoms with Gasteiger partial charge in [0.1, 0.15) is 0 Å². The maximum absolute atomic E-state index is 5.44. The minimum Gasteiger partial charge on any atom is -0.309 e. The third kappa shape index (κ3) is 12.8. The third-order valence-electron chi connectivity index (χ3n) is 25.3. The molecule has 0 atom stereocenters. The van der Waals surface area contributed by atoms with Gasteiger partial charge in [-0.05, 0) is 224 Å². The Labute approximate surface area is 727 Å². The quantitative estimate of drug-likeness (QED) is 0.122. The molecule has 0 unspecified atom stereocenters. The first kappa shape index (κ1) is 73.1. The Bertz CT molecular complexity index is 8300. The van der Waals surface area contributed by atoms with Gasteiger partial charge >= 0.3 is 0 Å². The monoisotopic (exact) mass is 1600 g/mol. The smallest absolute Gasteiger partial charge is 0.161 e. The van der Waals surface area contributed by atoms with Crippen molar-refractivity contribution >= 4 is 119 Å². The lowest BCUT2D eigenvalue weighted by Gasteiger charge is -2.16. The average Bonchev–Trinajstić information content (AvgIpc) is 1.52. The van der Waals surface area contributed by atoms with Crippen molar-refractivity contribution < 1.29 is 0 Å². The largest absolute Gasteiger partial charge is 0.309 e. The van der Waals surface area contributed by atoms with Gasteiger partial charge in [0.05, 0.1) is 50.2 Å². The van der Waals surface area contributed by atoms with E-state index >= 15 is 0 Å². The van der Waals surface area contributed by atoms with Crippen LogP contribution in [0.5, 0.6) is 0 Å². The molecule has 0 N–H and O–H groups in total. The second kappa shape index (κ2) is 30.7. The number of benzene rings is 21. The summed E-state index contributed by atoms with van der Waals surface area (Å²) < 4.78 is 4.86. The van der Waals surface area contributed by atoms with Crippen molar-refractivity contribution in [2.75, 3.05) is 0 Å². The van der Waals surface area contributed by atoms with Gasteiger partial charge in [0.2, 0.25) is 0 Å². The number of hydrogen-bond donors (Lipinski definition) is 0. The van der Waals surface area contributed by atoms with Crippen molar-refractivity contribution in [2.24, 2.45) is 0 Å². The maximum Gasteiger partial charge on any atom is 0.161 e. The van der Waals surface area contributed by atoms with Crippen LogP contribution in [0.15, 0.2) is 461 Å². The van der Waals surface area contributed by atoms with E-state index in [9.17, 15) is 0 Å². The predicted octanol–water partition coefficient (Wildman–Crippen LogP) is 31.9. The lowest BCUT2D eigenvalue weighted by atomic mass is 9.93. The molecule has 4 heterocycles. The zero-order valence-electron chi connectivity index (χ0n) is 68.6. The molecule has 4 aromatic heterocycles. The molecule has 6 nitrogen and oxygen atoms in total. The van der Waals surface area contributed by atoms with E-state index in [-0.39, 0.29) is 0 Å². The number of aromatic nitrogens is 6. The molecular weight excluding hydrogens is 1530 g/mol. The van der Waals surface area contributed by atoms with Crippen molar-refractivity contribution in [1.82, 2.24) is 29.1 Å². The van der Waals surface area contributed by atoms with Crippen molar-refractivity contribution in [3.8, 4) is 123 Å². The van der Waals surface area contributed by atoms with Gasteiger partial charge in [0, 0.05) is 65.6 Å². The summed E-state index contributed by atoms with van der Waals surface area (Å²) in [6.45, 7) is 0. The molecule has 25 aromatic rings. The fraction of sp³-hybridized carbons (Fsp3) is 0. The Balaban J connectivity index is 0.000000141. The summed E-state index contributed by atoms with van der Waals surface area (Å²) in [7, 11) is 0. The Morgan fingerprint density at radius 2 is 0.437 bits per heavy atom. The molecule has 126 heavy (non-hydrogen) atoms. The van der Waals surface area contributed by atoms with Gasteiger partial charge in [0.25, 0.3) is 0 Å². The van der Waals surface area contributed by atoms with E-state index in [0.29, 0.717) is 11.6 Å². The summed E-state index contributed by atoms with van der Waals surface area (Å²) in [6.07, 6.45) is 0. The van der Waals surface area contributed by atoms with E-state index in [1.807, 2.05) is 0 Å². The summed E-state index contributed by atoms with van der Waals surface area (Å²) in [5.74, 6) is 1.40. The van der Waals surface area contributed by atoms with Gasteiger partial charge in [-0.25, -0.2) is 19.9 Å². The van der Waals surface area contributed by atoms with Gasteiger partial charge in [-0.15, -0.1) is 0 Å².